The molecule has 0 saturated carbocycles. The van der Waals surface area contributed by atoms with E-state index in [0.717, 1.165) is 12.1 Å². The minimum atomic E-state index is -1.37. The number of hydrogen-bond acceptors (Lipinski definition) is 2. The predicted molar refractivity (Wildman–Crippen MR) is 49.5 cm³/mol. The summed E-state index contributed by atoms with van der Waals surface area (Å²) in [6.07, 6.45) is -1.37. The van der Waals surface area contributed by atoms with Gasteiger partial charge in [0.25, 0.3) is 0 Å². The minimum Gasteiger partial charge on any atom is -0.465 e. The summed E-state index contributed by atoms with van der Waals surface area (Å²) < 4.78 is 12.6. The monoisotopic (exact) mass is 212 g/mol. The van der Waals surface area contributed by atoms with Crippen LogP contribution in [0.15, 0.2) is 24.3 Å². The summed E-state index contributed by atoms with van der Waals surface area (Å²) in [5.74, 6) is -1.32. The molecule has 0 aliphatic rings. The van der Waals surface area contributed by atoms with Gasteiger partial charge in [0.05, 0.1) is 0 Å². The van der Waals surface area contributed by atoms with Gasteiger partial charge in [-0.15, -0.1) is 0 Å². The highest BCUT2D eigenvalue weighted by molar-refractivity contribution is 5.85. The number of nitrogens with two attached hydrogens (primary N) is 1. The van der Waals surface area contributed by atoms with E-state index in [2.05, 4.69) is 0 Å². The number of amides is 2. The molecule has 2 amide bonds. The highest BCUT2D eigenvalue weighted by Gasteiger charge is 2.19. The standard InChI is InChI=1S/C9H9FN2O3/c10-6-3-1-5(2-4-6)7(8(11)13)12-9(14)15/h1-4,7,12H,(H2,11,13)(H,14,15)/t7-/m0/s1. The Morgan fingerprint density at radius 2 is 1.87 bits per heavy atom. The van der Waals surface area contributed by atoms with Crippen molar-refractivity contribution in [3.05, 3.63) is 35.6 Å². The van der Waals surface area contributed by atoms with E-state index in [1.165, 1.54) is 12.1 Å². The van der Waals surface area contributed by atoms with Crippen molar-refractivity contribution in [2.45, 2.75) is 6.04 Å². The van der Waals surface area contributed by atoms with Crippen LogP contribution >= 0.6 is 0 Å². The summed E-state index contributed by atoms with van der Waals surface area (Å²) in [5, 5.41) is 10.4. The first-order chi connectivity index (χ1) is 7.00. The molecule has 1 rings (SSSR count). The van der Waals surface area contributed by atoms with E-state index in [1.807, 2.05) is 5.32 Å². The van der Waals surface area contributed by atoms with Crippen LogP contribution in [-0.4, -0.2) is 17.1 Å². The fourth-order valence-corrected chi connectivity index (χ4v) is 1.10. The molecule has 0 spiro atoms. The van der Waals surface area contributed by atoms with Crippen molar-refractivity contribution in [1.29, 1.82) is 0 Å². The molecular formula is C9H9FN2O3. The van der Waals surface area contributed by atoms with E-state index in [1.54, 1.807) is 0 Å². The van der Waals surface area contributed by atoms with Crippen LogP contribution in [0, 0.1) is 5.82 Å². The maximum Gasteiger partial charge on any atom is 0.405 e. The van der Waals surface area contributed by atoms with E-state index in [0.29, 0.717) is 5.56 Å². The smallest absolute Gasteiger partial charge is 0.405 e. The number of carboxylic acid groups (broad SMARTS) is 1. The van der Waals surface area contributed by atoms with Gasteiger partial charge in [0.15, 0.2) is 0 Å². The molecule has 0 radical (unpaired) electrons. The van der Waals surface area contributed by atoms with Crippen molar-refractivity contribution in [1.82, 2.24) is 5.32 Å². The van der Waals surface area contributed by atoms with Crippen molar-refractivity contribution in [3.63, 3.8) is 0 Å². The van der Waals surface area contributed by atoms with Crippen LogP contribution in [0.25, 0.3) is 0 Å². The molecule has 0 saturated heterocycles. The maximum absolute atomic E-state index is 12.6. The molecule has 1 atom stereocenters. The number of nitrogens with one attached hydrogen (secondary N) is 1. The quantitative estimate of drug-likeness (QED) is 0.685. The Balaban J connectivity index is 2.94. The molecule has 1 aromatic carbocycles. The summed E-state index contributed by atoms with van der Waals surface area (Å²) in [4.78, 5) is 21.3. The third kappa shape index (κ3) is 2.94. The Labute approximate surface area is 84.7 Å². The van der Waals surface area contributed by atoms with Crippen LogP contribution in [0.5, 0.6) is 0 Å². The second kappa shape index (κ2) is 4.41. The third-order valence-corrected chi connectivity index (χ3v) is 1.76. The van der Waals surface area contributed by atoms with Crippen LogP contribution in [0.1, 0.15) is 11.6 Å². The summed E-state index contributed by atoms with van der Waals surface area (Å²) in [6, 6.07) is 3.66. The number of primary amides is 1. The van der Waals surface area contributed by atoms with Gasteiger partial charge in [0.1, 0.15) is 11.9 Å². The van der Waals surface area contributed by atoms with E-state index in [9.17, 15) is 14.0 Å². The molecule has 1 aromatic rings. The molecule has 0 aromatic heterocycles. The summed E-state index contributed by atoms with van der Waals surface area (Å²) in [7, 11) is 0. The number of carbonyl (C=O) groups is 2. The lowest BCUT2D eigenvalue weighted by Crippen LogP contribution is -2.36. The SMILES string of the molecule is NC(=O)[C@@H](NC(=O)O)c1ccc(F)cc1. The molecule has 15 heavy (non-hydrogen) atoms. The van der Waals surface area contributed by atoms with Crippen LogP contribution in [0.4, 0.5) is 9.18 Å². The van der Waals surface area contributed by atoms with Crippen molar-refractivity contribution in [2.24, 2.45) is 5.73 Å². The van der Waals surface area contributed by atoms with Crippen molar-refractivity contribution >= 4 is 12.0 Å². The number of carbonyl (C=O) groups excluding carboxylic acids is 1. The zero-order chi connectivity index (χ0) is 11.4. The molecule has 80 valence electrons. The van der Waals surface area contributed by atoms with Gasteiger partial charge in [-0.1, -0.05) is 12.1 Å². The third-order valence-electron chi connectivity index (χ3n) is 1.76. The molecule has 0 heterocycles. The van der Waals surface area contributed by atoms with Gasteiger partial charge in [0, 0.05) is 0 Å². The highest BCUT2D eigenvalue weighted by atomic mass is 19.1. The first-order valence-electron chi connectivity index (χ1n) is 4.05. The van der Waals surface area contributed by atoms with Gasteiger partial charge in [0.2, 0.25) is 5.91 Å². The van der Waals surface area contributed by atoms with Crippen molar-refractivity contribution < 1.29 is 19.1 Å². The van der Waals surface area contributed by atoms with Gasteiger partial charge < -0.3 is 16.2 Å². The topological polar surface area (TPSA) is 92.4 Å². The molecule has 0 fully saturated rings. The van der Waals surface area contributed by atoms with Gasteiger partial charge in [-0.3, -0.25) is 4.79 Å². The Morgan fingerprint density at radius 3 is 2.27 bits per heavy atom. The Hall–Kier alpha value is -2.11. The lowest BCUT2D eigenvalue weighted by atomic mass is 10.1. The largest absolute Gasteiger partial charge is 0.465 e. The van der Waals surface area contributed by atoms with E-state index in [4.69, 9.17) is 10.8 Å². The minimum absolute atomic E-state index is 0.298. The van der Waals surface area contributed by atoms with Gasteiger partial charge in [-0.25, -0.2) is 9.18 Å². The van der Waals surface area contributed by atoms with Crippen molar-refractivity contribution in [3.8, 4) is 0 Å². The summed E-state index contributed by atoms with van der Waals surface area (Å²) in [5.41, 5.74) is 5.29. The van der Waals surface area contributed by atoms with Crippen LogP contribution < -0.4 is 11.1 Å². The lowest BCUT2D eigenvalue weighted by Gasteiger charge is -2.13. The van der Waals surface area contributed by atoms with E-state index < -0.39 is 23.9 Å². The summed E-state index contributed by atoms with van der Waals surface area (Å²) in [6.45, 7) is 0. The van der Waals surface area contributed by atoms with E-state index in [-0.39, 0.29) is 0 Å². The van der Waals surface area contributed by atoms with Gasteiger partial charge >= 0.3 is 6.09 Å². The number of benzene rings is 1. The Morgan fingerprint density at radius 1 is 1.33 bits per heavy atom. The second-order valence-electron chi connectivity index (χ2n) is 2.84. The maximum atomic E-state index is 12.6. The zero-order valence-electron chi connectivity index (χ0n) is 7.61. The summed E-state index contributed by atoms with van der Waals surface area (Å²) >= 11 is 0. The molecule has 0 aliphatic carbocycles. The molecule has 0 aliphatic heterocycles. The van der Waals surface area contributed by atoms with Crippen molar-refractivity contribution in [2.75, 3.05) is 0 Å². The normalized spacial score (nSPS) is 11.8. The van der Waals surface area contributed by atoms with Gasteiger partial charge in [-0.2, -0.15) is 0 Å². The molecule has 4 N–H and O–H groups in total. The molecule has 0 bridgehead atoms. The number of halogens is 1. The fourth-order valence-electron chi connectivity index (χ4n) is 1.10. The number of rotatable bonds is 3. The first-order valence-corrected chi connectivity index (χ1v) is 4.05. The Bertz CT molecular complexity index is 377. The van der Waals surface area contributed by atoms with Gasteiger partial charge in [-0.05, 0) is 17.7 Å². The zero-order valence-corrected chi connectivity index (χ0v) is 7.61. The van der Waals surface area contributed by atoms with E-state index >= 15 is 0 Å². The second-order valence-corrected chi connectivity index (χ2v) is 2.84. The molecule has 5 nitrogen and oxygen atoms in total. The fraction of sp³-hybridized carbons (Fsp3) is 0.111. The molecule has 0 unspecified atom stereocenters. The predicted octanol–water partition coefficient (Wildman–Crippen LogP) is 0.620. The molecule has 6 heteroatoms. The molecular weight excluding hydrogens is 203 g/mol. The Kier molecular flexibility index (Phi) is 3.22. The number of hydrogen-bond donors (Lipinski definition) is 3. The van der Waals surface area contributed by atoms with Crippen LogP contribution in [0.2, 0.25) is 0 Å². The average molecular weight is 212 g/mol. The highest BCUT2D eigenvalue weighted by Crippen LogP contribution is 2.12. The van der Waals surface area contributed by atoms with Crippen LogP contribution in [-0.2, 0) is 4.79 Å². The average Bonchev–Trinajstić information content (AvgIpc) is 2.15. The first kappa shape index (κ1) is 11.0. The lowest BCUT2D eigenvalue weighted by molar-refractivity contribution is -0.120. The van der Waals surface area contributed by atoms with Crippen LogP contribution in [0.3, 0.4) is 0 Å².